The van der Waals surface area contributed by atoms with Crippen molar-refractivity contribution in [2.24, 2.45) is 0 Å². The van der Waals surface area contributed by atoms with Crippen LogP contribution in [0.4, 0.5) is 0 Å². The van der Waals surface area contributed by atoms with Crippen molar-refractivity contribution in [2.45, 2.75) is 6.32 Å². The normalized spacial score (nSPS) is 9.00. The third-order valence-corrected chi connectivity index (χ3v) is 0.802. The predicted molar refractivity (Wildman–Crippen MR) is 31.5 cm³/mol. The summed E-state index contributed by atoms with van der Waals surface area (Å²) in [4.78, 5) is 7.72. The standard InChI is InChI=1S/C5H5BN2/c6-4-5-7-2-1-3-8-5/h1-3H,4H2. The van der Waals surface area contributed by atoms with Crippen LogP contribution in [0.2, 0.25) is 0 Å². The Hall–Kier alpha value is -0.855. The average molecular weight is 104 g/mol. The maximum atomic E-state index is 5.22. The highest BCUT2D eigenvalue weighted by Gasteiger charge is 1.83. The van der Waals surface area contributed by atoms with Crippen molar-refractivity contribution < 1.29 is 0 Å². The summed E-state index contributed by atoms with van der Waals surface area (Å²) in [6.45, 7) is 0. The lowest BCUT2D eigenvalue weighted by Crippen LogP contribution is -1.90. The van der Waals surface area contributed by atoms with Crippen LogP contribution >= 0.6 is 0 Å². The Bertz CT molecular complexity index is 152. The lowest BCUT2D eigenvalue weighted by Gasteiger charge is -1.87. The minimum Gasteiger partial charge on any atom is -0.242 e. The van der Waals surface area contributed by atoms with E-state index in [-0.39, 0.29) is 0 Å². The van der Waals surface area contributed by atoms with E-state index >= 15 is 0 Å². The van der Waals surface area contributed by atoms with Crippen molar-refractivity contribution in [3.8, 4) is 0 Å². The molecule has 0 atom stereocenters. The zero-order chi connectivity index (χ0) is 5.82. The molecular weight excluding hydrogens is 98.9 g/mol. The summed E-state index contributed by atoms with van der Waals surface area (Å²) in [6, 6.07) is 1.76. The van der Waals surface area contributed by atoms with Gasteiger partial charge in [0.2, 0.25) is 0 Å². The number of rotatable bonds is 1. The topological polar surface area (TPSA) is 25.8 Å². The van der Waals surface area contributed by atoms with Crippen LogP contribution in [0.5, 0.6) is 0 Å². The monoisotopic (exact) mass is 104 g/mol. The molecular formula is C5H5BN2. The van der Waals surface area contributed by atoms with E-state index in [1.54, 1.807) is 18.5 Å². The molecule has 0 saturated heterocycles. The molecule has 0 aliphatic heterocycles. The largest absolute Gasteiger partial charge is 0.242 e. The molecule has 0 aromatic carbocycles. The molecule has 0 saturated carbocycles. The molecule has 3 heteroatoms. The molecule has 0 aliphatic carbocycles. The van der Waals surface area contributed by atoms with Crippen LogP contribution in [-0.2, 0) is 6.32 Å². The molecule has 0 amide bonds. The molecule has 1 heterocycles. The van der Waals surface area contributed by atoms with Crippen molar-refractivity contribution in [1.29, 1.82) is 0 Å². The summed E-state index contributed by atoms with van der Waals surface area (Å²) in [7, 11) is 5.22. The van der Waals surface area contributed by atoms with Gasteiger partial charge >= 0.3 is 0 Å². The molecule has 0 fully saturated rings. The molecule has 8 heavy (non-hydrogen) atoms. The van der Waals surface area contributed by atoms with Gasteiger partial charge in [-0.05, 0) is 12.4 Å². The Kier molecular flexibility index (Phi) is 1.62. The molecule has 0 N–H and O–H groups in total. The Morgan fingerprint density at radius 1 is 1.38 bits per heavy atom. The summed E-state index contributed by atoms with van der Waals surface area (Å²) in [6.07, 6.45) is 3.77. The molecule has 0 bridgehead atoms. The summed E-state index contributed by atoms with van der Waals surface area (Å²) < 4.78 is 0. The number of hydrogen-bond acceptors (Lipinski definition) is 2. The first-order valence-corrected chi connectivity index (χ1v) is 2.39. The number of hydrogen-bond donors (Lipinski definition) is 0. The highest BCUT2D eigenvalue weighted by molar-refractivity contribution is 6.07. The molecule has 0 unspecified atom stereocenters. The summed E-state index contributed by atoms with van der Waals surface area (Å²) in [5.74, 6) is 0.688. The van der Waals surface area contributed by atoms with Gasteiger partial charge in [-0.1, -0.05) is 0 Å². The highest BCUT2D eigenvalue weighted by atomic mass is 14.8. The SMILES string of the molecule is [B]Cc1ncccn1. The maximum absolute atomic E-state index is 5.22. The van der Waals surface area contributed by atoms with Crippen molar-refractivity contribution in [3.63, 3.8) is 0 Å². The zero-order valence-electron chi connectivity index (χ0n) is 4.41. The molecule has 2 radical (unpaired) electrons. The second-order valence-corrected chi connectivity index (χ2v) is 1.37. The predicted octanol–water partition coefficient (Wildman–Crippen LogP) is 0.145. The van der Waals surface area contributed by atoms with Gasteiger partial charge in [-0.3, -0.25) is 0 Å². The molecule has 1 aromatic rings. The lowest BCUT2D eigenvalue weighted by atomic mass is 10.1. The van der Waals surface area contributed by atoms with Crippen LogP contribution in [0, 0.1) is 0 Å². The highest BCUT2D eigenvalue weighted by Crippen LogP contribution is 1.82. The van der Waals surface area contributed by atoms with Crippen LogP contribution in [-0.4, -0.2) is 17.8 Å². The number of nitrogens with zero attached hydrogens (tertiary/aromatic N) is 2. The molecule has 1 rings (SSSR count). The van der Waals surface area contributed by atoms with Gasteiger partial charge < -0.3 is 0 Å². The Morgan fingerprint density at radius 3 is 2.38 bits per heavy atom. The Morgan fingerprint density at radius 2 is 2.00 bits per heavy atom. The molecule has 0 spiro atoms. The third kappa shape index (κ3) is 1.06. The van der Waals surface area contributed by atoms with E-state index in [0.29, 0.717) is 12.1 Å². The van der Waals surface area contributed by atoms with Gasteiger partial charge in [0.05, 0.1) is 7.85 Å². The zero-order valence-corrected chi connectivity index (χ0v) is 4.41. The molecule has 0 aliphatic rings. The summed E-state index contributed by atoms with van der Waals surface area (Å²) >= 11 is 0. The van der Waals surface area contributed by atoms with E-state index in [1.807, 2.05) is 0 Å². The van der Waals surface area contributed by atoms with Crippen LogP contribution < -0.4 is 0 Å². The van der Waals surface area contributed by atoms with E-state index in [4.69, 9.17) is 7.85 Å². The van der Waals surface area contributed by atoms with Gasteiger partial charge in [-0.15, -0.1) is 0 Å². The smallest absolute Gasteiger partial charge is 0.119 e. The van der Waals surface area contributed by atoms with Crippen molar-refractivity contribution in [3.05, 3.63) is 24.3 Å². The average Bonchev–Trinajstić information content (AvgIpc) is 1.90. The van der Waals surface area contributed by atoms with Gasteiger partial charge in [0, 0.05) is 12.4 Å². The second kappa shape index (κ2) is 2.45. The van der Waals surface area contributed by atoms with Gasteiger partial charge in [0.25, 0.3) is 0 Å². The van der Waals surface area contributed by atoms with E-state index in [2.05, 4.69) is 9.97 Å². The minimum atomic E-state index is 0.418. The molecule has 38 valence electrons. The Balaban J connectivity index is 2.83. The fraction of sp³-hybridized carbons (Fsp3) is 0.200. The van der Waals surface area contributed by atoms with Crippen molar-refractivity contribution >= 4 is 7.85 Å². The Labute approximate surface area is 49.4 Å². The lowest BCUT2D eigenvalue weighted by molar-refractivity contribution is 1.03. The van der Waals surface area contributed by atoms with E-state index in [9.17, 15) is 0 Å². The molecule has 1 aromatic heterocycles. The van der Waals surface area contributed by atoms with Gasteiger partial charge in [0.15, 0.2) is 0 Å². The third-order valence-electron chi connectivity index (χ3n) is 0.802. The fourth-order valence-electron chi connectivity index (χ4n) is 0.435. The van der Waals surface area contributed by atoms with Crippen LogP contribution in [0.3, 0.4) is 0 Å². The first kappa shape index (κ1) is 5.28. The van der Waals surface area contributed by atoms with E-state index < -0.39 is 0 Å². The van der Waals surface area contributed by atoms with Gasteiger partial charge in [-0.2, -0.15) is 0 Å². The quantitative estimate of drug-likeness (QED) is 0.473. The van der Waals surface area contributed by atoms with Crippen molar-refractivity contribution in [2.75, 3.05) is 0 Å². The maximum Gasteiger partial charge on any atom is 0.119 e. The van der Waals surface area contributed by atoms with E-state index in [0.717, 1.165) is 0 Å². The van der Waals surface area contributed by atoms with Gasteiger partial charge in [-0.25, -0.2) is 9.97 Å². The first-order chi connectivity index (χ1) is 3.93. The molecule has 2 nitrogen and oxygen atoms in total. The van der Waals surface area contributed by atoms with Crippen LogP contribution in [0.25, 0.3) is 0 Å². The fourth-order valence-corrected chi connectivity index (χ4v) is 0.435. The van der Waals surface area contributed by atoms with Crippen LogP contribution in [0.1, 0.15) is 5.82 Å². The van der Waals surface area contributed by atoms with Crippen LogP contribution in [0.15, 0.2) is 18.5 Å². The van der Waals surface area contributed by atoms with Gasteiger partial charge in [0.1, 0.15) is 5.82 Å². The summed E-state index contributed by atoms with van der Waals surface area (Å²) in [5.41, 5.74) is 0. The minimum absolute atomic E-state index is 0.418. The first-order valence-electron chi connectivity index (χ1n) is 2.39. The summed E-state index contributed by atoms with van der Waals surface area (Å²) in [5, 5.41) is 0. The van der Waals surface area contributed by atoms with E-state index in [1.165, 1.54) is 0 Å². The second-order valence-electron chi connectivity index (χ2n) is 1.37. The number of aromatic nitrogens is 2. The van der Waals surface area contributed by atoms with Crippen molar-refractivity contribution in [1.82, 2.24) is 9.97 Å².